The summed E-state index contributed by atoms with van der Waals surface area (Å²) in [5.74, 6) is 1.47. The van der Waals surface area contributed by atoms with Crippen molar-refractivity contribution in [3.05, 3.63) is 0 Å². The topological polar surface area (TPSA) is 78.4 Å². The van der Waals surface area contributed by atoms with Gasteiger partial charge in [0.2, 0.25) is 0 Å². The third kappa shape index (κ3) is 6.71. The lowest BCUT2D eigenvalue weighted by atomic mass is 10.0. The van der Waals surface area contributed by atoms with Crippen LogP contribution in [0.4, 0.5) is 4.79 Å². The van der Waals surface area contributed by atoms with Crippen molar-refractivity contribution in [2.45, 2.75) is 45.2 Å². The predicted octanol–water partition coefficient (Wildman–Crippen LogP) is 0.951. The van der Waals surface area contributed by atoms with Gasteiger partial charge in [-0.25, -0.2) is 4.79 Å². The first-order chi connectivity index (χ1) is 7.26. The number of carbonyl (C=O) groups excluding carboxylic acids is 1. The van der Waals surface area contributed by atoms with Gasteiger partial charge in [-0.2, -0.15) is 0 Å². The molecular weight excluding hydrogens is 208 g/mol. The molecule has 5 nitrogen and oxygen atoms in total. The van der Waals surface area contributed by atoms with Gasteiger partial charge >= 0.3 is 12.0 Å². The second-order valence-corrected chi connectivity index (χ2v) is 4.36. The van der Waals surface area contributed by atoms with Gasteiger partial charge in [0.1, 0.15) is 0 Å². The number of carboxylic acids is 1. The molecule has 0 aliphatic rings. The summed E-state index contributed by atoms with van der Waals surface area (Å²) in [6, 6.07) is -0.542. The largest absolute Gasteiger partial charge is 0.481 e. The highest BCUT2D eigenvalue weighted by Crippen LogP contribution is 2.07. The summed E-state index contributed by atoms with van der Waals surface area (Å²) in [7, 11) is 0. The Bertz CT molecular complexity index is 305. The minimum absolute atomic E-state index is 0.134. The normalized spacial score (nSPS) is 12.4. The molecule has 0 aliphatic heterocycles. The molecule has 90 valence electrons. The van der Waals surface area contributed by atoms with Crippen molar-refractivity contribution >= 4 is 12.0 Å². The van der Waals surface area contributed by atoms with Crippen LogP contribution < -0.4 is 10.6 Å². The molecule has 1 atom stereocenters. The van der Waals surface area contributed by atoms with E-state index in [4.69, 9.17) is 11.5 Å². The highest BCUT2D eigenvalue weighted by atomic mass is 16.4. The van der Waals surface area contributed by atoms with E-state index >= 15 is 0 Å². The van der Waals surface area contributed by atoms with E-state index in [2.05, 4.69) is 16.6 Å². The van der Waals surface area contributed by atoms with Gasteiger partial charge in [0.25, 0.3) is 0 Å². The molecule has 0 fully saturated rings. The summed E-state index contributed by atoms with van der Waals surface area (Å²) in [6.45, 7) is 5.07. The van der Waals surface area contributed by atoms with Crippen molar-refractivity contribution in [3.63, 3.8) is 0 Å². The van der Waals surface area contributed by atoms with E-state index in [-0.39, 0.29) is 12.5 Å². The Hall–Kier alpha value is -1.70. The van der Waals surface area contributed by atoms with Gasteiger partial charge in [-0.15, -0.1) is 12.3 Å². The average molecular weight is 226 g/mol. The van der Waals surface area contributed by atoms with Crippen molar-refractivity contribution in [2.24, 2.45) is 0 Å². The second kappa shape index (κ2) is 6.01. The molecule has 3 N–H and O–H groups in total. The fraction of sp³-hybridized carbons (Fsp3) is 0.636. The standard InChI is InChI=1S/C11H18N2O3/c1-5-6-8(2)12-10(16)13-11(3,4)7-9(14)15/h1,8H,6-7H2,2-4H3,(H,14,15)(H2,12,13,16). The molecule has 0 aromatic rings. The van der Waals surface area contributed by atoms with E-state index in [1.165, 1.54) is 0 Å². The molecule has 5 heteroatoms. The Balaban J connectivity index is 4.13. The summed E-state index contributed by atoms with van der Waals surface area (Å²) >= 11 is 0. The first-order valence-corrected chi connectivity index (χ1v) is 5.01. The molecule has 0 aromatic heterocycles. The lowest BCUT2D eigenvalue weighted by Gasteiger charge is -2.25. The zero-order valence-corrected chi connectivity index (χ0v) is 9.83. The SMILES string of the molecule is C#CCC(C)NC(=O)NC(C)(C)CC(=O)O. The fourth-order valence-electron chi connectivity index (χ4n) is 1.22. The smallest absolute Gasteiger partial charge is 0.315 e. The van der Waals surface area contributed by atoms with Crippen LogP contribution in [0.25, 0.3) is 0 Å². The van der Waals surface area contributed by atoms with E-state index in [0.717, 1.165) is 0 Å². The van der Waals surface area contributed by atoms with Crippen LogP contribution in [0, 0.1) is 12.3 Å². The van der Waals surface area contributed by atoms with E-state index in [1.807, 2.05) is 0 Å². The lowest BCUT2D eigenvalue weighted by Crippen LogP contribution is -2.51. The number of rotatable bonds is 5. The van der Waals surface area contributed by atoms with Crippen LogP contribution in [0.3, 0.4) is 0 Å². The fourth-order valence-corrected chi connectivity index (χ4v) is 1.22. The number of hydrogen-bond donors (Lipinski definition) is 3. The van der Waals surface area contributed by atoms with Crippen molar-refractivity contribution in [2.75, 3.05) is 0 Å². The number of amides is 2. The number of aliphatic carboxylic acids is 1. The molecule has 0 rings (SSSR count). The summed E-state index contributed by atoms with van der Waals surface area (Å²) < 4.78 is 0. The zero-order chi connectivity index (χ0) is 12.8. The molecule has 0 bridgehead atoms. The summed E-state index contributed by atoms with van der Waals surface area (Å²) in [6.07, 6.45) is 5.40. The zero-order valence-electron chi connectivity index (χ0n) is 9.83. The van der Waals surface area contributed by atoms with Crippen LogP contribution in [0.1, 0.15) is 33.6 Å². The summed E-state index contributed by atoms with van der Waals surface area (Å²) in [5.41, 5.74) is -0.786. The maximum Gasteiger partial charge on any atom is 0.315 e. The Labute approximate surface area is 95.6 Å². The van der Waals surface area contributed by atoms with E-state index < -0.39 is 17.5 Å². The molecule has 0 heterocycles. The van der Waals surface area contributed by atoms with E-state index in [1.54, 1.807) is 20.8 Å². The van der Waals surface area contributed by atoms with Crippen LogP contribution in [-0.2, 0) is 4.79 Å². The van der Waals surface area contributed by atoms with Crippen LogP contribution >= 0.6 is 0 Å². The first kappa shape index (κ1) is 14.3. The molecule has 0 radical (unpaired) electrons. The van der Waals surface area contributed by atoms with Gasteiger partial charge in [0.05, 0.1) is 6.42 Å². The number of hydrogen-bond acceptors (Lipinski definition) is 2. The van der Waals surface area contributed by atoms with Gasteiger partial charge in [0, 0.05) is 18.0 Å². The molecule has 2 amide bonds. The molecule has 16 heavy (non-hydrogen) atoms. The molecule has 0 aliphatic carbocycles. The number of nitrogens with one attached hydrogen (secondary N) is 2. The van der Waals surface area contributed by atoms with Gasteiger partial charge in [0.15, 0.2) is 0 Å². The minimum Gasteiger partial charge on any atom is -0.481 e. The van der Waals surface area contributed by atoms with Crippen LogP contribution in [0.2, 0.25) is 0 Å². The van der Waals surface area contributed by atoms with E-state index in [0.29, 0.717) is 6.42 Å². The lowest BCUT2D eigenvalue weighted by molar-refractivity contribution is -0.138. The second-order valence-electron chi connectivity index (χ2n) is 4.36. The van der Waals surface area contributed by atoms with Gasteiger partial charge < -0.3 is 15.7 Å². The van der Waals surface area contributed by atoms with Gasteiger partial charge in [-0.05, 0) is 20.8 Å². The number of carbonyl (C=O) groups is 2. The number of urea groups is 1. The van der Waals surface area contributed by atoms with Crippen molar-refractivity contribution in [3.8, 4) is 12.3 Å². The molecule has 0 aromatic carbocycles. The van der Waals surface area contributed by atoms with Crippen LogP contribution in [0.15, 0.2) is 0 Å². The number of terminal acetylenes is 1. The van der Waals surface area contributed by atoms with Crippen LogP contribution in [0.5, 0.6) is 0 Å². The van der Waals surface area contributed by atoms with Crippen molar-refractivity contribution < 1.29 is 14.7 Å². The third-order valence-corrected chi connectivity index (χ3v) is 1.85. The molecule has 0 saturated carbocycles. The molecule has 1 unspecified atom stereocenters. The van der Waals surface area contributed by atoms with E-state index in [9.17, 15) is 9.59 Å². The molecule has 0 saturated heterocycles. The Morgan fingerprint density at radius 3 is 2.50 bits per heavy atom. The Morgan fingerprint density at radius 1 is 1.50 bits per heavy atom. The van der Waals surface area contributed by atoms with Crippen LogP contribution in [-0.4, -0.2) is 28.7 Å². The maximum absolute atomic E-state index is 11.4. The van der Waals surface area contributed by atoms with Crippen molar-refractivity contribution in [1.82, 2.24) is 10.6 Å². The highest BCUT2D eigenvalue weighted by Gasteiger charge is 2.24. The minimum atomic E-state index is -0.957. The summed E-state index contributed by atoms with van der Waals surface area (Å²) in [5, 5.41) is 13.8. The van der Waals surface area contributed by atoms with Crippen molar-refractivity contribution in [1.29, 1.82) is 0 Å². The predicted molar refractivity (Wildman–Crippen MR) is 60.9 cm³/mol. The Kier molecular flexibility index (Phi) is 5.37. The third-order valence-electron chi connectivity index (χ3n) is 1.85. The van der Waals surface area contributed by atoms with Gasteiger partial charge in [-0.1, -0.05) is 0 Å². The van der Waals surface area contributed by atoms with Gasteiger partial charge in [-0.3, -0.25) is 4.79 Å². The monoisotopic (exact) mass is 226 g/mol. The molecular formula is C11H18N2O3. The Morgan fingerprint density at radius 2 is 2.06 bits per heavy atom. The first-order valence-electron chi connectivity index (χ1n) is 5.01. The average Bonchev–Trinajstić information content (AvgIpc) is 1.98. The quantitative estimate of drug-likeness (QED) is 0.611. The highest BCUT2D eigenvalue weighted by molar-refractivity contribution is 5.76. The summed E-state index contributed by atoms with van der Waals surface area (Å²) in [4.78, 5) is 22.0. The molecule has 0 spiro atoms. The maximum atomic E-state index is 11.4. The number of carboxylic acid groups (broad SMARTS) is 1.